The highest BCUT2D eigenvalue weighted by atomic mass is 16.5. The van der Waals surface area contributed by atoms with Gasteiger partial charge in [-0.05, 0) is 59.3 Å². The van der Waals surface area contributed by atoms with E-state index in [1.54, 1.807) is 0 Å². The van der Waals surface area contributed by atoms with E-state index in [0.717, 1.165) is 32.6 Å². The molecule has 2 heterocycles. The zero-order valence-electron chi connectivity index (χ0n) is 12.0. The number of hydrogen-bond acceptors (Lipinski definition) is 4. The first-order chi connectivity index (χ1) is 8.68. The van der Waals surface area contributed by atoms with E-state index >= 15 is 0 Å². The van der Waals surface area contributed by atoms with E-state index in [1.165, 1.54) is 32.4 Å². The minimum absolute atomic E-state index is 0.215. The third-order valence-corrected chi connectivity index (χ3v) is 5.01. The second-order valence-corrected chi connectivity index (χ2v) is 6.04. The van der Waals surface area contributed by atoms with Crippen molar-refractivity contribution in [1.29, 1.82) is 0 Å². The number of rotatable bonds is 3. The van der Waals surface area contributed by atoms with Crippen LogP contribution in [0.4, 0.5) is 0 Å². The van der Waals surface area contributed by atoms with Crippen LogP contribution in [0.2, 0.25) is 0 Å². The largest absolute Gasteiger partial charge is 0.381 e. The van der Waals surface area contributed by atoms with Crippen LogP contribution < -0.4 is 5.73 Å². The molecule has 0 aliphatic carbocycles. The van der Waals surface area contributed by atoms with Crippen molar-refractivity contribution in [3.8, 4) is 0 Å². The molecular weight excluding hydrogens is 226 g/mol. The highest BCUT2D eigenvalue weighted by Gasteiger charge is 2.38. The summed E-state index contributed by atoms with van der Waals surface area (Å²) >= 11 is 0. The van der Waals surface area contributed by atoms with Crippen LogP contribution in [0.3, 0.4) is 0 Å². The van der Waals surface area contributed by atoms with E-state index < -0.39 is 0 Å². The fraction of sp³-hybridized carbons (Fsp3) is 1.00. The molecule has 2 N–H and O–H groups in total. The van der Waals surface area contributed by atoms with Crippen LogP contribution in [0.15, 0.2) is 0 Å². The van der Waals surface area contributed by atoms with E-state index in [9.17, 15) is 0 Å². The summed E-state index contributed by atoms with van der Waals surface area (Å²) in [7, 11) is 4.51. The molecule has 0 aromatic carbocycles. The first-order valence-electron chi connectivity index (χ1n) is 7.37. The summed E-state index contributed by atoms with van der Waals surface area (Å²) in [6.07, 6.45) is 6.03. The summed E-state index contributed by atoms with van der Waals surface area (Å²) in [5, 5.41) is 0. The Bertz CT molecular complexity index is 255. The molecule has 1 unspecified atom stereocenters. The molecule has 2 fully saturated rings. The Hall–Kier alpha value is -0.160. The maximum atomic E-state index is 6.17. The Balaban J connectivity index is 2.04. The monoisotopic (exact) mass is 255 g/mol. The van der Waals surface area contributed by atoms with Gasteiger partial charge in [0.05, 0.1) is 0 Å². The Morgan fingerprint density at radius 2 is 2.00 bits per heavy atom. The molecule has 2 aliphatic heterocycles. The second-order valence-electron chi connectivity index (χ2n) is 6.04. The fourth-order valence-electron chi connectivity index (χ4n) is 3.47. The molecule has 0 aromatic rings. The minimum Gasteiger partial charge on any atom is -0.381 e. The number of nitrogens with zero attached hydrogens (tertiary/aromatic N) is 2. The first-order valence-corrected chi connectivity index (χ1v) is 7.37. The third kappa shape index (κ3) is 3.05. The molecule has 4 heteroatoms. The zero-order chi connectivity index (χ0) is 13.0. The number of hydrogen-bond donors (Lipinski definition) is 1. The topological polar surface area (TPSA) is 41.7 Å². The molecule has 18 heavy (non-hydrogen) atoms. The van der Waals surface area contributed by atoms with E-state index in [0.29, 0.717) is 6.04 Å². The molecule has 0 aromatic heterocycles. The van der Waals surface area contributed by atoms with Crippen LogP contribution in [0, 0.1) is 0 Å². The van der Waals surface area contributed by atoms with Gasteiger partial charge in [-0.1, -0.05) is 0 Å². The molecule has 0 amide bonds. The van der Waals surface area contributed by atoms with Gasteiger partial charge in [-0.25, -0.2) is 0 Å². The zero-order valence-corrected chi connectivity index (χ0v) is 12.0. The van der Waals surface area contributed by atoms with Gasteiger partial charge < -0.3 is 15.4 Å². The van der Waals surface area contributed by atoms with E-state index in [1.807, 2.05) is 0 Å². The van der Waals surface area contributed by atoms with Gasteiger partial charge >= 0.3 is 0 Å². The normalized spacial score (nSPS) is 32.7. The van der Waals surface area contributed by atoms with E-state index in [-0.39, 0.29) is 5.54 Å². The quantitative estimate of drug-likeness (QED) is 0.814. The highest BCUT2D eigenvalue weighted by Crippen LogP contribution is 2.31. The summed E-state index contributed by atoms with van der Waals surface area (Å²) in [6.45, 7) is 4.99. The van der Waals surface area contributed by atoms with Gasteiger partial charge in [-0.2, -0.15) is 0 Å². The predicted octanol–water partition coefficient (Wildman–Crippen LogP) is 0.910. The Kier molecular flexibility index (Phi) is 5.01. The summed E-state index contributed by atoms with van der Waals surface area (Å²) in [5.74, 6) is 0. The molecule has 1 atom stereocenters. The van der Waals surface area contributed by atoms with Crippen molar-refractivity contribution in [2.45, 2.75) is 43.7 Å². The maximum Gasteiger partial charge on any atom is 0.0480 e. The molecular formula is C14H29N3O. The van der Waals surface area contributed by atoms with Gasteiger partial charge in [-0.3, -0.25) is 4.90 Å². The van der Waals surface area contributed by atoms with Crippen molar-refractivity contribution in [3.05, 3.63) is 0 Å². The van der Waals surface area contributed by atoms with Crippen molar-refractivity contribution in [3.63, 3.8) is 0 Å². The molecule has 2 aliphatic rings. The lowest BCUT2D eigenvalue weighted by atomic mass is 9.86. The molecule has 106 valence electrons. The van der Waals surface area contributed by atoms with E-state index in [2.05, 4.69) is 23.9 Å². The van der Waals surface area contributed by atoms with Gasteiger partial charge in [0, 0.05) is 31.3 Å². The lowest BCUT2D eigenvalue weighted by Crippen LogP contribution is -2.57. The van der Waals surface area contributed by atoms with Gasteiger partial charge in [0.2, 0.25) is 0 Å². The summed E-state index contributed by atoms with van der Waals surface area (Å²) in [4.78, 5) is 5.03. The Morgan fingerprint density at radius 3 is 2.67 bits per heavy atom. The van der Waals surface area contributed by atoms with Crippen LogP contribution in [-0.4, -0.2) is 68.3 Å². The standard InChI is InChI=1S/C14H29N3O/c1-16-8-3-6-14(12-15,7-9-16)17(2)13-4-10-18-11-5-13/h13H,3-12,15H2,1-2H3. The second kappa shape index (κ2) is 6.33. The number of likely N-dealkylation sites (tertiary alicyclic amines) is 1. The van der Waals surface area contributed by atoms with Crippen LogP contribution in [-0.2, 0) is 4.74 Å². The average molecular weight is 255 g/mol. The lowest BCUT2D eigenvalue weighted by molar-refractivity contribution is -0.00725. The molecule has 2 saturated heterocycles. The van der Waals surface area contributed by atoms with Crippen molar-refractivity contribution in [2.75, 3.05) is 46.9 Å². The molecule has 0 saturated carbocycles. The van der Waals surface area contributed by atoms with Crippen molar-refractivity contribution in [1.82, 2.24) is 9.80 Å². The highest BCUT2D eigenvalue weighted by molar-refractivity contribution is 4.96. The van der Waals surface area contributed by atoms with Crippen molar-refractivity contribution >= 4 is 0 Å². The number of ether oxygens (including phenoxy) is 1. The fourth-order valence-corrected chi connectivity index (χ4v) is 3.47. The molecule has 0 radical (unpaired) electrons. The smallest absolute Gasteiger partial charge is 0.0480 e. The summed E-state index contributed by atoms with van der Waals surface area (Å²) in [6, 6.07) is 0.658. The molecule has 2 rings (SSSR count). The predicted molar refractivity (Wildman–Crippen MR) is 74.7 cm³/mol. The number of nitrogens with two attached hydrogens (primary N) is 1. The Morgan fingerprint density at radius 1 is 1.28 bits per heavy atom. The summed E-state index contributed by atoms with van der Waals surface area (Å²) in [5.41, 5.74) is 6.38. The number of likely N-dealkylation sites (N-methyl/N-ethyl adjacent to an activating group) is 1. The molecule has 0 spiro atoms. The first kappa shape index (κ1) is 14.3. The lowest BCUT2D eigenvalue weighted by Gasteiger charge is -2.46. The average Bonchev–Trinajstić information content (AvgIpc) is 2.62. The SMILES string of the molecule is CN1CCCC(CN)(N(C)C2CCOCC2)CC1. The Labute approximate surface area is 111 Å². The van der Waals surface area contributed by atoms with Gasteiger partial charge in [-0.15, -0.1) is 0 Å². The minimum atomic E-state index is 0.215. The van der Waals surface area contributed by atoms with Gasteiger partial charge in [0.1, 0.15) is 0 Å². The van der Waals surface area contributed by atoms with Crippen molar-refractivity contribution in [2.24, 2.45) is 5.73 Å². The van der Waals surface area contributed by atoms with Crippen LogP contribution in [0.5, 0.6) is 0 Å². The van der Waals surface area contributed by atoms with Crippen LogP contribution in [0.25, 0.3) is 0 Å². The van der Waals surface area contributed by atoms with Gasteiger partial charge in [0.25, 0.3) is 0 Å². The van der Waals surface area contributed by atoms with Gasteiger partial charge in [0.15, 0.2) is 0 Å². The summed E-state index contributed by atoms with van der Waals surface area (Å²) < 4.78 is 5.48. The van der Waals surface area contributed by atoms with Crippen LogP contribution in [0.1, 0.15) is 32.1 Å². The van der Waals surface area contributed by atoms with Crippen molar-refractivity contribution < 1.29 is 4.74 Å². The molecule has 0 bridgehead atoms. The molecule has 4 nitrogen and oxygen atoms in total. The maximum absolute atomic E-state index is 6.17. The third-order valence-electron chi connectivity index (χ3n) is 5.01. The van der Waals surface area contributed by atoms with E-state index in [4.69, 9.17) is 10.5 Å². The van der Waals surface area contributed by atoms with Crippen LogP contribution >= 0.6 is 0 Å².